The maximum Gasteiger partial charge on any atom is 0.337 e. The normalized spacial score (nSPS) is 15.3. The van der Waals surface area contributed by atoms with E-state index in [-0.39, 0.29) is 0 Å². The van der Waals surface area contributed by atoms with Gasteiger partial charge < -0.3 is 9.67 Å². The van der Waals surface area contributed by atoms with Crippen LogP contribution < -0.4 is 0 Å². The van der Waals surface area contributed by atoms with Crippen molar-refractivity contribution in [3.8, 4) is 0 Å². The van der Waals surface area contributed by atoms with Crippen molar-refractivity contribution in [2.24, 2.45) is 5.92 Å². The van der Waals surface area contributed by atoms with Crippen LogP contribution in [0.2, 0.25) is 0 Å². The second kappa shape index (κ2) is 3.91. The molecule has 1 saturated carbocycles. The van der Waals surface area contributed by atoms with Crippen molar-refractivity contribution in [3.05, 3.63) is 36.0 Å². The molecule has 0 radical (unpaired) electrons. The number of carboxylic acid groups (broad SMARTS) is 1. The molecule has 3 heteroatoms. The molecule has 0 spiro atoms. The highest BCUT2D eigenvalue weighted by molar-refractivity contribution is 6.02. The number of nitrogens with zero attached hydrogens (tertiary/aromatic N) is 1. The number of hydrogen-bond acceptors (Lipinski definition) is 1. The van der Waals surface area contributed by atoms with E-state index >= 15 is 0 Å². The zero-order chi connectivity index (χ0) is 11.8. The average Bonchev–Trinajstić information content (AvgIpc) is 3.06. The number of fused-ring (bicyclic) bond motifs is 1. The predicted molar refractivity (Wildman–Crippen MR) is 66.2 cm³/mol. The lowest BCUT2D eigenvalue weighted by atomic mass is 10.1. The molecule has 0 amide bonds. The van der Waals surface area contributed by atoms with Crippen LogP contribution in [0.25, 0.3) is 10.9 Å². The quantitative estimate of drug-likeness (QED) is 0.875. The van der Waals surface area contributed by atoms with Crippen molar-refractivity contribution in [2.45, 2.75) is 25.8 Å². The third-order valence-corrected chi connectivity index (χ3v) is 3.49. The molecule has 0 saturated heterocycles. The summed E-state index contributed by atoms with van der Waals surface area (Å²) in [5, 5.41) is 10.2. The lowest BCUT2D eigenvalue weighted by Crippen LogP contribution is -2.03. The number of benzene rings is 1. The molecule has 1 heterocycles. The minimum atomic E-state index is -0.845. The molecule has 1 aromatic heterocycles. The van der Waals surface area contributed by atoms with E-state index < -0.39 is 5.97 Å². The average molecular weight is 229 g/mol. The molecule has 3 nitrogen and oxygen atoms in total. The van der Waals surface area contributed by atoms with Gasteiger partial charge >= 0.3 is 5.97 Å². The number of carbonyl (C=O) groups is 1. The first-order valence-corrected chi connectivity index (χ1v) is 6.07. The van der Waals surface area contributed by atoms with Gasteiger partial charge in [-0.15, -0.1) is 0 Å². The number of aromatic nitrogens is 1. The van der Waals surface area contributed by atoms with Gasteiger partial charge in [0, 0.05) is 18.1 Å². The number of rotatable bonds is 4. The molecule has 17 heavy (non-hydrogen) atoms. The molecule has 1 N–H and O–H groups in total. The third-order valence-electron chi connectivity index (χ3n) is 3.49. The van der Waals surface area contributed by atoms with E-state index in [0.29, 0.717) is 5.56 Å². The molecule has 1 aliphatic carbocycles. The van der Waals surface area contributed by atoms with Gasteiger partial charge in [-0.25, -0.2) is 4.79 Å². The Morgan fingerprint density at radius 3 is 2.88 bits per heavy atom. The van der Waals surface area contributed by atoms with E-state index in [1.165, 1.54) is 12.8 Å². The largest absolute Gasteiger partial charge is 0.478 e. The molecule has 88 valence electrons. The number of para-hydroxylation sites is 1. The van der Waals surface area contributed by atoms with Crippen molar-refractivity contribution in [1.29, 1.82) is 0 Å². The SMILES string of the molecule is O=C(O)c1cccc2ccn(CCC3CC3)c12. The second-order valence-electron chi connectivity index (χ2n) is 4.79. The minimum Gasteiger partial charge on any atom is -0.478 e. The van der Waals surface area contributed by atoms with E-state index in [0.717, 1.165) is 29.8 Å². The van der Waals surface area contributed by atoms with Gasteiger partial charge in [0.2, 0.25) is 0 Å². The number of aryl methyl sites for hydroxylation is 1. The number of aromatic carboxylic acids is 1. The van der Waals surface area contributed by atoms with E-state index in [9.17, 15) is 9.90 Å². The third kappa shape index (κ3) is 1.93. The number of hydrogen-bond donors (Lipinski definition) is 1. The van der Waals surface area contributed by atoms with Crippen LogP contribution in [0, 0.1) is 5.92 Å². The fourth-order valence-corrected chi connectivity index (χ4v) is 2.35. The highest BCUT2D eigenvalue weighted by atomic mass is 16.4. The van der Waals surface area contributed by atoms with Crippen LogP contribution in [0.15, 0.2) is 30.5 Å². The summed E-state index contributed by atoms with van der Waals surface area (Å²) < 4.78 is 2.08. The first kappa shape index (κ1) is 10.4. The van der Waals surface area contributed by atoms with Gasteiger partial charge in [0.1, 0.15) is 0 Å². The monoisotopic (exact) mass is 229 g/mol. The zero-order valence-electron chi connectivity index (χ0n) is 9.60. The zero-order valence-corrected chi connectivity index (χ0v) is 9.60. The highest BCUT2D eigenvalue weighted by Crippen LogP contribution is 2.33. The van der Waals surface area contributed by atoms with Crippen molar-refractivity contribution in [3.63, 3.8) is 0 Å². The van der Waals surface area contributed by atoms with Crippen LogP contribution in [0.1, 0.15) is 29.6 Å². The smallest absolute Gasteiger partial charge is 0.337 e. The van der Waals surface area contributed by atoms with E-state index in [4.69, 9.17) is 0 Å². The summed E-state index contributed by atoms with van der Waals surface area (Å²) in [4.78, 5) is 11.2. The summed E-state index contributed by atoms with van der Waals surface area (Å²) in [5.41, 5.74) is 1.27. The van der Waals surface area contributed by atoms with Crippen molar-refractivity contribution >= 4 is 16.9 Å². The highest BCUT2D eigenvalue weighted by Gasteiger charge is 2.21. The lowest BCUT2D eigenvalue weighted by molar-refractivity contribution is 0.0698. The molecule has 1 aromatic carbocycles. The molecule has 0 atom stereocenters. The Balaban J connectivity index is 2.01. The van der Waals surface area contributed by atoms with Gasteiger partial charge in [-0.2, -0.15) is 0 Å². The van der Waals surface area contributed by atoms with Crippen LogP contribution in [0.4, 0.5) is 0 Å². The standard InChI is InChI=1S/C14H15NO2/c16-14(17)12-3-1-2-11-7-9-15(13(11)12)8-6-10-4-5-10/h1-3,7,9-10H,4-6,8H2,(H,16,17). The van der Waals surface area contributed by atoms with Crippen LogP contribution in [0.5, 0.6) is 0 Å². The molecule has 1 aliphatic rings. The van der Waals surface area contributed by atoms with Gasteiger partial charge in [0.25, 0.3) is 0 Å². The van der Waals surface area contributed by atoms with Gasteiger partial charge in [0.05, 0.1) is 11.1 Å². The Morgan fingerprint density at radius 1 is 1.35 bits per heavy atom. The Morgan fingerprint density at radius 2 is 2.18 bits per heavy atom. The predicted octanol–water partition coefficient (Wildman–Crippen LogP) is 3.14. The summed E-state index contributed by atoms with van der Waals surface area (Å²) >= 11 is 0. The fourth-order valence-electron chi connectivity index (χ4n) is 2.35. The molecule has 1 fully saturated rings. The Kier molecular flexibility index (Phi) is 2.39. The van der Waals surface area contributed by atoms with Crippen LogP contribution >= 0.6 is 0 Å². The minimum absolute atomic E-state index is 0.406. The van der Waals surface area contributed by atoms with Crippen molar-refractivity contribution in [1.82, 2.24) is 4.57 Å². The van der Waals surface area contributed by atoms with E-state index in [2.05, 4.69) is 4.57 Å². The van der Waals surface area contributed by atoms with Crippen LogP contribution in [-0.4, -0.2) is 15.6 Å². The van der Waals surface area contributed by atoms with Crippen molar-refractivity contribution < 1.29 is 9.90 Å². The summed E-state index contributed by atoms with van der Waals surface area (Å²) in [5.74, 6) is 0.0198. The maximum atomic E-state index is 11.2. The molecule has 2 aromatic rings. The van der Waals surface area contributed by atoms with Gasteiger partial charge in [-0.1, -0.05) is 25.0 Å². The van der Waals surface area contributed by atoms with E-state index in [1.807, 2.05) is 18.3 Å². The molecule has 3 rings (SSSR count). The molecular weight excluding hydrogens is 214 g/mol. The second-order valence-corrected chi connectivity index (χ2v) is 4.79. The Hall–Kier alpha value is -1.77. The van der Waals surface area contributed by atoms with Crippen LogP contribution in [0.3, 0.4) is 0 Å². The lowest BCUT2D eigenvalue weighted by Gasteiger charge is -2.07. The Labute approximate surface area is 99.7 Å². The van der Waals surface area contributed by atoms with Gasteiger partial charge in [-0.05, 0) is 24.5 Å². The fraction of sp³-hybridized carbons (Fsp3) is 0.357. The molecule has 0 aliphatic heterocycles. The molecule has 0 bridgehead atoms. The summed E-state index contributed by atoms with van der Waals surface area (Å²) in [6, 6.07) is 7.44. The van der Waals surface area contributed by atoms with E-state index in [1.54, 1.807) is 12.1 Å². The first-order chi connectivity index (χ1) is 8.25. The number of carboxylic acids is 1. The Bertz CT molecular complexity index is 567. The van der Waals surface area contributed by atoms with Gasteiger partial charge in [-0.3, -0.25) is 0 Å². The topological polar surface area (TPSA) is 42.2 Å². The first-order valence-electron chi connectivity index (χ1n) is 6.07. The summed E-state index contributed by atoms with van der Waals surface area (Å²) in [7, 11) is 0. The van der Waals surface area contributed by atoms with Gasteiger partial charge in [0.15, 0.2) is 0 Å². The molecular formula is C14H15NO2. The van der Waals surface area contributed by atoms with Crippen LogP contribution in [-0.2, 0) is 6.54 Å². The summed E-state index contributed by atoms with van der Waals surface area (Å²) in [6.45, 7) is 0.929. The summed E-state index contributed by atoms with van der Waals surface area (Å²) in [6.07, 6.45) is 5.84. The maximum absolute atomic E-state index is 11.2. The van der Waals surface area contributed by atoms with Crippen molar-refractivity contribution in [2.75, 3.05) is 0 Å². The molecule has 0 unspecified atom stereocenters.